The van der Waals surface area contributed by atoms with E-state index in [0.717, 1.165) is 12.8 Å². The molecule has 0 aliphatic carbocycles. The number of nitrogens with one attached hydrogen (secondary N) is 3. The molecular formula is C20H32ClN3O3S. The van der Waals surface area contributed by atoms with E-state index >= 15 is 0 Å². The highest BCUT2D eigenvalue weighted by atomic mass is 35.5. The average molecular weight is 430 g/mol. The van der Waals surface area contributed by atoms with E-state index in [4.69, 9.17) is 0 Å². The van der Waals surface area contributed by atoms with Crippen LogP contribution in [-0.2, 0) is 14.8 Å². The molecule has 2 unspecified atom stereocenters. The summed E-state index contributed by atoms with van der Waals surface area (Å²) in [6, 6.07) is 6.16. The highest BCUT2D eigenvalue weighted by Crippen LogP contribution is 2.33. The van der Waals surface area contributed by atoms with Crippen molar-refractivity contribution in [1.82, 2.24) is 10.0 Å². The van der Waals surface area contributed by atoms with E-state index in [2.05, 4.69) is 15.4 Å². The third-order valence-electron chi connectivity index (χ3n) is 5.25. The number of carbonyl (C=O) groups excluding carboxylic acids is 1. The molecule has 1 aromatic rings. The van der Waals surface area contributed by atoms with E-state index in [-0.39, 0.29) is 23.2 Å². The minimum absolute atomic E-state index is 0. The maximum absolute atomic E-state index is 12.7. The second-order valence-electron chi connectivity index (χ2n) is 9.06. The number of aryl methyl sites for hydroxylation is 1. The van der Waals surface area contributed by atoms with Gasteiger partial charge in [0.15, 0.2) is 0 Å². The van der Waals surface area contributed by atoms with Crippen molar-refractivity contribution in [3.05, 3.63) is 23.8 Å². The molecule has 2 aliphatic heterocycles. The van der Waals surface area contributed by atoms with Crippen LogP contribution >= 0.6 is 12.4 Å². The Kier molecular flexibility index (Phi) is 7.18. The molecule has 2 atom stereocenters. The summed E-state index contributed by atoms with van der Waals surface area (Å²) < 4.78 is 28.0. The SMILES string of the molecule is Cc1ccc(NC(=O)CC2CC3CCC(C2)N3)cc1S(=O)(=O)NC(C)(C)C.Cl. The van der Waals surface area contributed by atoms with E-state index < -0.39 is 15.6 Å². The van der Waals surface area contributed by atoms with Crippen molar-refractivity contribution in [2.75, 3.05) is 5.32 Å². The molecule has 3 N–H and O–H groups in total. The first-order chi connectivity index (χ1) is 12.5. The number of rotatable bonds is 5. The van der Waals surface area contributed by atoms with Crippen LogP contribution in [0.15, 0.2) is 23.1 Å². The Morgan fingerprint density at radius 3 is 2.36 bits per heavy atom. The minimum Gasteiger partial charge on any atom is -0.326 e. The topological polar surface area (TPSA) is 87.3 Å². The minimum atomic E-state index is -3.65. The van der Waals surface area contributed by atoms with Crippen LogP contribution in [0.3, 0.4) is 0 Å². The van der Waals surface area contributed by atoms with Crippen molar-refractivity contribution >= 4 is 34.0 Å². The van der Waals surface area contributed by atoms with Crippen molar-refractivity contribution in [1.29, 1.82) is 0 Å². The van der Waals surface area contributed by atoms with Gasteiger partial charge in [0.1, 0.15) is 0 Å². The third kappa shape index (κ3) is 5.92. The fourth-order valence-electron chi connectivity index (χ4n) is 4.24. The fraction of sp³-hybridized carbons (Fsp3) is 0.650. The number of benzene rings is 1. The van der Waals surface area contributed by atoms with Crippen molar-refractivity contribution in [2.45, 2.75) is 82.3 Å². The van der Waals surface area contributed by atoms with Gasteiger partial charge in [0.25, 0.3) is 0 Å². The quantitative estimate of drug-likeness (QED) is 0.669. The smallest absolute Gasteiger partial charge is 0.241 e. The maximum atomic E-state index is 12.7. The molecule has 28 heavy (non-hydrogen) atoms. The summed E-state index contributed by atoms with van der Waals surface area (Å²) in [7, 11) is -3.65. The zero-order valence-corrected chi connectivity index (χ0v) is 18.7. The van der Waals surface area contributed by atoms with Gasteiger partial charge in [-0.25, -0.2) is 13.1 Å². The van der Waals surface area contributed by atoms with Crippen LogP contribution in [0.4, 0.5) is 5.69 Å². The van der Waals surface area contributed by atoms with Crippen molar-refractivity contribution in [3.8, 4) is 0 Å². The van der Waals surface area contributed by atoms with Crippen LogP contribution in [0.2, 0.25) is 0 Å². The first-order valence-corrected chi connectivity index (χ1v) is 11.2. The number of amides is 1. The lowest BCUT2D eigenvalue weighted by atomic mass is 9.89. The lowest BCUT2D eigenvalue weighted by Gasteiger charge is -2.28. The summed E-state index contributed by atoms with van der Waals surface area (Å²) in [5, 5.41) is 6.48. The van der Waals surface area contributed by atoms with Crippen molar-refractivity contribution in [2.24, 2.45) is 5.92 Å². The van der Waals surface area contributed by atoms with Gasteiger partial charge < -0.3 is 10.6 Å². The largest absolute Gasteiger partial charge is 0.326 e. The van der Waals surface area contributed by atoms with Gasteiger partial charge in [0.05, 0.1) is 4.90 Å². The molecule has 2 fully saturated rings. The fourth-order valence-corrected chi connectivity index (χ4v) is 5.93. The summed E-state index contributed by atoms with van der Waals surface area (Å²) in [5.74, 6) is 0.359. The summed E-state index contributed by atoms with van der Waals surface area (Å²) in [4.78, 5) is 12.7. The van der Waals surface area contributed by atoms with E-state index in [1.54, 1.807) is 45.9 Å². The normalized spacial score (nSPS) is 24.5. The Labute approximate surface area is 174 Å². The summed E-state index contributed by atoms with van der Waals surface area (Å²) in [6.07, 6.45) is 5.01. The second kappa shape index (κ2) is 8.69. The number of sulfonamides is 1. The zero-order chi connectivity index (χ0) is 19.8. The van der Waals surface area contributed by atoms with E-state index in [1.165, 1.54) is 12.8 Å². The molecule has 2 saturated heterocycles. The molecule has 0 saturated carbocycles. The molecule has 6 nitrogen and oxygen atoms in total. The molecule has 1 amide bonds. The summed E-state index contributed by atoms with van der Waals surface area (Å²) in [6.45, 7) is 7.17. The molecule has 2 bridgehead atoms. The number of carbonyl (C=O) groups is 1. The molecule has 1 aromatic carbocycles. The molecule has 2 aliphatic rings. The number of hydrogen-bond acceptors (Lipinski definition) is 4. The monoisotopic (exact) mass is 429 g/mol. The van der Waals surface area contributed by atoms with Gasteiger partial charge in [-0.05, 0) is 77.0 Å². The molecule has 0 aromatic heterocycles. The van der Waals surface area contributed by atoms with Crippen molar-refractivity contribution < 1.29 is 13.2 Å². The van der Waals surface area contributed by atoms with Crippen LogP contribution in [-0.4, -0.2) is 31.9 Å². The van der Waals surface area contributed by atoms with E-state index in [0.29, 0.717) is 35.7 Å². The van der Waals surface area contributed by atoms with E-state index in [9.17, 15) is 13.2 Å². The van der Waals surface area contributed by atoms with Crippen LogP contribution in [0.5, 0.6) is 0 Å². The molecule has 0 spiro atoms. The number of hydrogen-bond donors (Lipinski definition) is 3. The Balaban J connectivity index is 0.00000280. The van der Waals surface area contributed by atoms with Gasteiger partial charge >= 0.3 is 0 Å². The third-order valence-corrected chi connectivity index (χ3v) is 7.15. The number of piperidine rings is 1. The number of halogens is 1. The molecular weight excluding hydrogens is 398 g/mol. The predicted molar refractivity (Wildman–Crippen MR) is 114 cm³/mol. The first kappa shape index (κ1) is 23.1. The van der Waals surface area contributed by atoms with Gasteiger partial charge in [0, 0.05) is 29.7 Å². The molecule has 0 radical (unpaired) electrons. The summed E-state index contributed by atoms with van der Waals surface area (Å²) in [5.41, 5.74) is 0.607. The van der Waals surface area contributed by atoms with Gasteiger partial charge in [-0.2, -0.15) is 0 Å². The van der Waals surface area contributed by atoms with Crippen molar-refractivity contribution in [3.63, 3.8) is 0 Å². The van der Waals surface area contributed by atoms with Gasteiger partial charge in [0.2, 0.25) is 15.9 Å². The van der Waals surface area contributed by atoms with Crippen LogP contribution < -0.4 is 15.4 Å². The lowest BCUT2D eigenvalue weighted by Crippen LogP contribution is -2.40. The van der Waals surface area contributed by atoms with Crippen LogP contribution in [0.25, 0.3) is 0 Å². The highest BCUT2D eigenvalue weighted by Gasteiger charge is 2.34. The Bertz CT molecular complexity index is 808. The predicted octanol–water partition coefficient (Wildman–Crippen LogP) is 3.35. The Morgan fingerprint density at radius 1 is 1.18 bits per heavy atom. The lowest BCUT2D eigenvalue weighted by molar-refractivity contribution is -0.117. The number of fused-ring (bicyclic) bond motifs is 2. The molecule has 2 heterocycles. The van der Waals surface area contributed by atoms with Gasteiger partial charge in [-0.3, -0.25) is 4.79 Å². The Morgan fingerprint density at radius 2 is 1.79 bits per heavy atom. The standard InChI is InChI=1S/C20H31N3O3S.ClH/c1-13-5-6-17(12-18(13)27(25,26)23-20(2,3)4)22-19(24)11-14-9-15-7-8-16(10-14)21-15;/h5-6,12,14-16,21,23H,7-11H2,1-4H3,(H,22,24);1H. The van der Waals surface area contributed by atoms with Crippen LogP contribution in [0, 0.1) is 12.8 Å². The second-order valence-corrected chi connectivity index (χ2v) is 10.7. The zero-order valence-electron chi connectivity index (χ0n) is 17.0. The van der Waals surface area contributed by atoms with Gasteiger partial charge in [-0.1, -0.05) is 6.07 Å². The van der Waals surface area contributed by atoms with Gasteiger partial charge in [-0.15, -0.1) is 12.4 Å². The average Bonchev–Trinajstić information content (AvgIpc) is 2.85. The molecule has 8 heteroatoms. The Hall–Kier alpha value is -1.15. The number of anilines is 1. The maximum Gasteiger partial charge on any atom is 0.241 e. The molecule has 158 valence electrons. The van der Waals surface area contributed by atoms with Crippen LogP contribution in [0.1, 0.15) is 58.4 Å². The molecule has 3 rings (SSSR count). The summed E-state index contributed by atoms with van der Waals surface area (Å²) >= 11 is 0. The van der Waals surface area contributed by atoms with E-state index in [1.807, 2.05) is 0 Å². The highest BCUT2D eigenvalue weighted by molar-refractivity contribution is 7.89. The first-order valence-electron chi connectivity index (χ1n) is 9.72.